The number of rotatable bonds is 10. The van der Waals surface area contributed by atoms with Gasteiger partial charge in [0.05, 0.1) is 0 Å². The number of esters is 1. The predicted octanol–water partition coefficient (Wildman–Crippen LogP) is 5.64. The molecule has 2 atom stereocenters. The summed E-state index contributed by atoms with van der Waals surface area (Å²) >= 11 is 0. The molecule has 0 heterocycles. The molecule has 1 fully saturated rings. The second-order valence-electron chi connectivity index (χ2n) is 11.4. The van der Waals surface area contributed by atoms with Crippen LogP contribution in [0, 0.1) is 11.8 Å². The third-order valence-corrected chi connectivity index (χ3v) is 8.36. The minimum atomic E-state index is -1.25. The Bertz CT molecular complexity index is 878. The van der Waals surface area contributed by atoms with E-state index in [4.69, 9.17) is 9.16 Å². The Labute approximate surface area is 202 Å². The van der Waals surface area contributed by atoms with E-state index in [2.05, 4.69) is 75.4 Å². The quantitative estimate of drug-likeness (QED) is 0.259. The van der Waals surface area contributed by atoms with E-state index in [0.717, 1.165) is 25.4 Å². The lowest BCUT2D eigenvalue weighted by Crippen LogP contribution is -2.45. The van der Waals surface area contributed by atoms with Crippen molar-refractivity contribution in [3.8, 4) is 0 Å². The van der Waals surface area contributed by atoms with Crippen LogP contribution in [0.2, 0.25) is 0 Å². The molecule has 0 saturated heterocycles. The van der Waals surface area contributed by atoms with Gasteiger partial charge in [0.2, 0.25) is 0 Å². The molecule has 1 aliphatic carbocycles. The van der Waals surface area contributed by atoms with Crippen molar-refractivity contribution in [2.24, 2.45) is 11.8 Å². The molecule has 1 aliphatic rings. The molecule has 4 heteroatoms. The smallest absolute Gasteiger partial charge is 0.306 e. The Kier molecular flexibility index (Phi) is 8.57. The lowest BCUT2D eigenvalue weighted by Gasteiger charge is -2.21. The fourth-order valence-electron chi connectivity index (χ4n) is 4.17. The topological polar surface area (TPSA) is 35.5 Å². The zero-order chi connectivity index (χ0) is 24.1. The third-order valence-electron chi connectivity index (χ3n) is 6.19. The van der Waals surface area contributed by atoms with E-state index in [-0.39, 0.29) is 17.0 Å². The summed E-state index contributed by atoms with van der Waals surface area (Å²) in [6, 6.07) is 19.7. The van der Waals surface area contributed by atoms with E-state index in [9.17, 15) is 4.79 Å². The van der Waals surface area contributed by atoms with Crippen molar-refractivity contribution in [1.29, 1.82) is 0 Å². The van der Waals surface area contributed by atoms with E-state index in [1.54, 1.807) is 0 Å². The van der Waals surface area contributed by atoms with Crippen molar-refractivity contribution in [1.82, 2.24) is 0 Å². The number of carbonyl (C=O) groups is 1. The first-order valence-corrected chi connectivity index (χ1v) is 13.8. The Morgan fingerprint density at radius 1 is 0.879 bits per heavy atom. The van der Waals surface area contributed by atoms with Crippen molar-refractivity contribution in [3.05, 3.63) is 60.2 Å². The molecular weight excluding hydrogens is 424 g/mol. The zero-order valence-electron chi connectivity index (χ0n) is 21.3. The normalized spacial score (nSPS) is 18.4. The van der Waals surface area contributed by atoms with Crippen LogP contribution in [0.3, 0.4) is 0 Å². The average molecular weight is 466 g/mol. The van der Waals surface area contributed by atoms with Crippen LogP contribution < -0.4 is 10.4 Å². The van der Waals surface area contributed by atoms with Gasteiger partial charge in [-0.3, -0.25) is 4.79 Å². The molecule has 1 saturated carbocycles. The Morgan fingerprint density at radius 2 is 1.52 bits per heavy atom. The molecule has 2 aromatic rings. The maximum Gasteiger partial charge on any atom is 0.306 e. The van der Waals surface area contributed by atoms with E-state index < -0.39 is 9.04 Å². The molecule has 3 rings (SSSR count). The molecule has 2 aromatic carbocycles. The summed E-state index contributed by atoms with van der Waals surface area (Å²) in [4.78, 5) is 11.9. The largest absolute Gasteiger partial charge is 0.460 e. The zero-order valence-corrected chi connectivity index (χ0v) is 22.3. The van der Waals surface area contributed by atoms with E-state index in [1.165, 1.54) is 28.8 Å². The highest BCUT2D eigenvalue weighted by Gasteiger charge is 2.37. The minimum absolute atomic E-state index is 0.0780. The summed E-state index contributed by atoms with van der Waals surface area (Å²) in [6.07, 6.45) is 4.96. The number of hydrogen-bond donors (Lipinski definition) is 0. The van der Waals surface area contributed by atoms with Crippen LogP contribution in [0.5, 0.6) is 0 Å². The molecule has 0 bridgehead atoms. The Balaban J connectivity index is 1.49. The Morgan fingerprint density at radius 3 is 2.12 bits per heavy atom. The van der Waals surface area contributed by atoms with Crippen LogP contribution in [0.25, 0.3) is 0 Å². The standard InChI is InChI=1S/C29H41O3Si/c1-28(2,3)24-16-18-26(19-17-24)33(25-13-8-7-9-14-25)31-21-23-20-22(23)12-10-11-15-27(30)32-29(4,5)6/h7-9,13-14,16-19,22-23H,10-12,15,20-21H2,1-6H3/t22-,23+/m0/s1. The minimum Gasteiger partial charge on any atom is -0.460 e. The van der Waals surface area contributed by atoms with Gasteiger partial charge in [-0.25, -0.2) is 0 Å². The highest BCUT2D eigenvalue weighted by atomic mass is 28.3. The van der Waals surface area contributed by atoms with E-state index >= 15 is 0 Å². The maximum atomic E-state index is 11.9. The van der Waals surface area contributed by atoms with Crippen molar-refractivity contribution < 1.29 is 14.0 Å². The average Bonchev–Trinajstić information content (AvgIpc) is 3.49. The molecule has 179 valence electrons. The van der Waals surface area contributed by atoms with Gasteiger partial charge in [0.1, 0.15) is 5.60 Å². The van der Waals surface area contributed by atoms with Gasteiger partial charge in [-0.1, -0.05) is 88.2 Å². The van der Waals surface area contributed by atoms with Gasteiger partial charge in [-0.05, 0) is 66.8 Å². The first-order valence-electron chi connectivity index (χ1n) is 12.4. The highest BCUT2D eigenvalue weighted by Crippen LogP contribution is 2.42. The predicted molar refractivity (Wildman–Crippen MR) is 138 cm³/mol. The van der Waals surface area contributed by atoms with Gasteiger partial charge in [-0.15, -0.1) is 0 Å². The first kappa shape index (κ1) is 25.7. The summed E-state index contributed by atoms with van der Waals surface area (Å²) in [5.74, 6) is 1.32. The molecule has 0 aromatic heterocycles. The van der Waals surface area contributed by atoms with Crippen LogP contribution in [0.4, 0.5) is 0 Å². The summed E-state index contributed by atoms with van der Waals surface area (Å²) < 4.78 is 12.0. The molecule has 33 heavy (non-hydrogen) atoms. The van der Waals surface area contributed by atoms with Crippen LogP contribution in [0.15, 0.2) is 54.6 Å². The monoisotopic (exact) mass is 465 g/mol. The lowest BCUT2D eigenvalue weighted by molar-refractivity contribution is -0.154. The summed E-state index contributed by atoms with van der Waals surface area (Å²) in [5, 5.41) is 2.62. The first-order chi connectivity index (χ1) is 15.5. The second-order valence-corrected chi connectivity index (χ2v) is 13.5. The molecule has 0 aliphatic heterocycles. The van der Waals surface area contributed by atoms with Crippen LogP contribution in [0.1, 0.15) is 79.2 Å². The van der Waals surface area contributed by atoms with Gasteiger partial charge >= 0.3 is 5.97 Å². The highest BCUT2D eigenvalue weighted by molar-refractivity contribution is 6.80. The van der Waals surface area contributed by atoms with Gasteiger partial charge in [0.15, 0.2) is 0 Å². The molecule has 3 nitrogen and oxygen atoms in total. The summed E-state index contributed by atoms with van der Waals surface area (Å²) in [7, 11) is -1.25. The molecule has 0 N–H and O–H groups in total. The third kappa shape index (κ3) is 8.42. The van der Waals surface area contributed by atoms with Crippen LogP contribution >= 0.6 is 0 Å². The maximum absolute atomic E-state index is 11.9. The number of unbranched alkanes of at least 4 members (excludes halogenated alkanes) is 1. The molecule has 0 amide bonds. The number of carbonyl (C=O) groups excluding carboxylic acids is 1. The van der Waals surface area contributed by atoms with Gasteiger partial charge in [-0.2, -0.15) is 0 Å². The van der Waals surface area contributed by atoms with Crippen molar-refractivity contribution in [2.75, 3.05) is 6.61 Å². The van der Waals surface area contributed by atoms with Crippen LogP contribution in [-0.4, -0.2) is 27.2 Å². The number of benzene rings is 2. The molecule has 0 spiro atoms. The van der Waals surface area contributed by atoms with Crippen LogP contribution in [-0.2, 0) is 19.4 Å². The fraction of sp³-hybridized carbons (Fsp3) is 0.552. The van der Waals surface area contributed by atoms with Crippen molar-refractivity contribution >= 4 is 25.4 Å². The second kappa shape index (κ2) is 11.0. The van der Waals surface area contributed by atoms with Crippen molar-refractivity contribution in [2.45, 2.75) is 84.7 Å². The number of hydrogen-bond acceptors (Lipinski definition) is 3. The fourth-order valence-corrected chi connectivity index (χ4v) is 6.18. The summed E-state index contributed by atoms with van der Waals surface area (Å²) in [5.41, 5.74) is 1.12. The van der Waals surface area contributed by atoms with Gasteiger partial charge < -0.3 is 9.16 Å². The summed E-state index contributed by atoms with van der Waals surface area (Å²) in [6.45, 7) is 13.4. The van der Waals surface area contributed by atoms with Crippen molar-refractivity contribution in [3.63, 3.8) is 0 Å². The molecular formula is C29H41O3Si. The lowest BCUT2D eigenvalue weighted by atomic mass is 9.87. The van der Waals surface area contributed by atoms with E-state index in [0.29, 0.717) is 12.3 Å². The SMILES string of the molecule is CC(C)(C)OC(=O)CCCC[C@H]1C[C@@H]1CO[Si](c1ccccc1)c1ccc(C(C)(C)C)cc1. The molecule has 0 unspecified atom stereocenters. The van der Waals surface area contributed by atoms with Gasteiger partial charge in [0, 0.05) is 13.0 Å². The van der Waals surface area contributed by atoms with Gasteiger partial charge in [0.25, 0.3) is 9.04 Å². The Hall–Kier alpha value is -1.91. The number of ether oxygens (including phenoxy) is 1. The molecule has 1 radical (unpaired) electrons. The van der Waals surface area contributed by atoms with E-state index in [1.807, 2.05) is 20.8 Å².